The third-order valence-corrected chi connectivity index (χ3v) is 8.91. The molecule has 0 spiro atoms. The van der Waals surface area contributed by atoms with E-state index in [0.717, 1.165) is 29.8 Å². The van der Waals surface area contributed by atoms with E-state index in [1.165, 1.54) is 104 Å². The van der Waals surface area contributed by atoms with Gasteiger partial charge in [-0.15, -0.1) is 0 Å². The third kappa shape index (κ3) is 8.15. The Morgan fingerprint density at radius 2 is 1.33 bits per heavy atom. The minimum absolute atomic E-state index is 0.795. The lowest BCUT2D eigenvalue weighted by molar-refractivity contribution is 0.0251. The SMILES string of the molecule is CC.CCC(C)N1CC(CN2CCN(C)CC2)C1.CN1CCN(C[C@H]2C[C@@H]3C[C@H]2CN3)CC1. The second kappa shape index (κ2) is 13.7. The normalized spacial score (nSPS) is 33.1. The molecule has 194 valence electrons. The van der Waals surface area contributed by atoms with Crippen molar-refractivity contribution < 1.29 is 0 Å². The molecule has 4 atom stereocenters. The van der Waals surface area contributed by atoms with Crippen LogP contribution in [0.5, 0.6) is 0 Å². The number of rotatable bonds is 6. The number of hydrogen-bond acceptors (Lipinski definition) is 6. The van der Waals surface area contributed by atoms with E-state index in [1.807, 2.05) is 13.8 Å². The van der Waals surface area contributed by atoms with Gasteiger partial charge in [0.1, 0.15) is 0 Å². The topological polar surface area (TPSA) is 28.2 Å². The average molecular weight is 465 g/mol. The van der Waals surface area contributed by atoms with Crippen LogP contribution in [0, 0.1) is 17.8 Å². The Morgan fingerprint density at radius 1 is 0.788 bits per heavy atom. The van der Waals surface area contributed by atoms with Gasteiger partial charge >= 0.3 is 0 Å². The van der Waals surface area contributed by atoms with Crippen molar-refractivity contribution in [1.29, 1.82) is 0 Å². The van der Waals surface area contributed by atoms with Gasteiger partial charge in [0, 0.05) is 90.6 Å². The number of piperazine rings is 2. The van der Waals surface area contributed by atoms with Crippen molar-refractivity contribution in [2.24, 2.45) is 17.8 Å². The van der Waals surface area contributed by atoms with Gasteiger partial charge in [0.15, 0.2) is 0 Å². The number of hydrogen-bond donors (Lipinski definition) is 1. The van der Waals surface area contributed by atoms with E-state index in [4.69, 9.17) is 0 Å². The average Bonchev–Trinajstić information content (AvgIpc) is 3.43. The monoisotopic (exact) mass is 464 g/mol. The maximum absolute atomic E-state index is 3.60. The fourth-order valence-electron chi connectivity index (χ4n) is 6.27. The lowest BCUT2D eigenvalue weighted by Gasteiger charge is -2.45. The smallest absolute Gasteiger partial charge is 0.0110 e. The lowest BCUT2D eigenvalue weighted by atomic mass is 9.94. The van der Waals surface area contributed by atoms with Gasteiger partial charge in [-0.3, -0.25) is 4.90 Å². The largest absolute Gasteiger partial charge is 0.314 e. The molecule has 0 aromatic carbocycles. The van der Waals surface area contributed by atoms with Crippen LogP contribution < -0.4 is 5.32 Å². The Balaban J connectivity index is 0.000000173. The first-order valence-electron chi connectivity index (χ1n) is 14.3. The van der Waals surface area contributed by atoms with E-state index in [0.29, 0.717) is 0 Å². The molecule has 33 heavy (non-hydrogen) atoms. The first kappa shape index (κ1) is 27.3. The fraction of sp³-hybridized carbons (Fsp3) is 1.00. The molecular formula is C27H56N6. The van der Waals surface area contributed by atoms with Crippen LogP contribution in [0.25, 0.3) is 0 Å². The van der Waals surface area contributed by atoms with Crippen molar-refractivity contribution >= 4 is 0 Å². The van der Waals surface area contributed by atoms with Crippen LogP contribution in [0.15, 0.2) is 0 Å². The predicted molar refractivity (Wildman–Crippen MR) is 142 cm³/mol. The molecule has 4 saturated heterocycles. The summed E-state index contributed by atoms with van der Waals surface area (Å²) in [6.45, 7) is 25.5. The summed E-state index contributed by atoms with van der Waals surface area (Å²) in [6.07, 6.45) is 4.19. The van der Waals surface area contributed by atoms with Gasteiger partial charge in [0.2, 0.25) is 0 Å². The van der Waals surface area contributed by atoms with Crippen LogP contribution in [0.4, 0.5) is 0 Å². The quantitative estimate of drug-likeness (QED) is 0.648. The van der Waals surface area contributed by atoms with Crippen LogP contribution in [0.2, 0.25) is 0 Å². The standard InChI is InChI=1S/C13H27N3.C12H23N3.C2H6/c1-4-12(2)16-10-13(11-16)9-15-7-5-14(3)6-8-15;1-14-2-4-15(5-3-14)9-11-7-12-6-10(11)8-13-12;1-2/h12-13H,4-11H2,1-3H3;10-13H,2-9H2,1H3;1-2H3/t;10-,11+,12-;/m.0./s1. The number of nitrogens with one attached hydrogen (secondary N) is 1. The highest BCUT2D eigenvalue weighted by molar-refractivity contribution is 4.96. The summed E-state index contributed by atoms with van der Waals surface area (Å²) in [5.41, 5.74) is 0. The molecule has 1 unspecified atom stereocenters. The number of fused-ring (bicyclic) bond motifs is 2. The maximum atomic E-state index is 3.60. The second-order valence-corrected chi connectivity index (χ2v) is 11.4. The van der Waals surface area contributed by atoms with Crippen LogP contribution >= 0.6 is 0 Å². The summed E-state index contributed by atoms with van der Waals surface area (Å²) in [7, 11) is 4.46. The Labute approximate surface area is 206 Å². The summed E-state index contributed by atoms with van der Waals surface area (Å²) in [6, 6.07) is 1.66. The molecule has 0 aromatic heterocycles. The molecule has 6 heteroatoms. The first-order chi connectivity index (χ1) is 16.0. The van der Waals surface area contributed by atoms with Gasteiger partial charge < -0.3 is 24.9 Å². The Kier molecular flexibility index (Phi) is 11.4. The Bertz CT molecular complexity index is 523. The molecule has 1 aliphatic carbocycles. The van der Waals surface area contributed by atoms with Gasteiger partial charge in [0.25, 0.3) is 0 Å². The number of likely N-dealkylation sites (N-methyl/N-ethyl adjacent to an activating group) is 2. The predicted octanol–water partition coefficient (Wildman–Crippen LogP) is 2.22. The zero-order valence-corrected chi connectivity index (χ0v) is 22.9. The van der Waals surface area contributed by atoms with Crippen LogP contribution in [-0.4, -0.2) is 136 Å². The lowest BCUT2D eigenvalue weighted by Crippen LogP contribution is -2.56. The van der Waals surface area contributed by atoms with E-state index in [2.05, 4.69) is 57.8 Å². The second-order valence-electron chi connectivity index (χ2n) is 11.4. The molecule has 0 amide bonds. The molecule has 5 aliphatic rings. The molecule has 4 aliphatic heterocycles. The van der Waals surface area contributed by atoms with Crippen LogP contribution in [0.1, 0.15) is 47.0 Å². The van der Waals surface area contributed by atoms with Crippen molar-refractivity contribution in [3.63, 3.8) is 0 Å². The van der Waals surface area contributed by atoms with Crippen molar-refractivity contribution in [1.82, 2.24) is 29.8 Å². The maximum Gasteiger partial charge on any atom is 0.0110 e. The van der Waals surface area contributed by atoms with Crippen molar-refractivity contribution in [2.75, 3.05) is 99.2 Å². The minimum Gasteiger partial charge on any atom is -0.314 e. The van der Waals surface area contributed by atoms with Gasteiger partial charge in [0.05, 0.1) is 0 Å². The van der Waals surface area contributed by atoms with Gasteiger partial charge in [-0.1, -0.05) is 20.8 Å². The zero-order chi connectivity index (χ0) is 23.8. The van der Waals surface area contributed by atoms with E-state index < -0.39 is 0 Å². The van der Waals surface area contributed by atoms with Gasteiger partial charge in [-0.05, 0) is 64.6 Å². The number of piperidine rings is 1. The van der Waals surface area contributed by atoms with Crippen molar-refractivity contribution in [3.05, 3.63) is 0 Å². The molecule has 1 saturated carbocycles. The van der Waals surface area contributed by atoms with Gasteiger partial charge in [-0.2, -0.15) is 0 Å². The Hall–Kier alpha value is -0.240. The summed E-state index contributed by atoms with van der Waals surface area (Å²) < 4.78 is 0. The van der Waals surface area contributed by atoms with E-state index >= 15 is 0 Å². The van der Waals surface area contributed by atoms with Crippen LogP contribution in [-0.2, 0) is 0 Å². The highest BCUT2D eigenvalue weighted by Crippen LogP contribution is 2.37. The van der Waals surface area contributed by atoms with E-state index in [9.17, 15) is 0 Å². The first-order valence-corrected chi connectivity index (χ1v) is 14.3. The zero-order valence-electron chi connectivity index (χ0n) is 22.9. The summed E-state index contributed by atoms with van der Waals surface area (Å²) in [5.74, 6) is 2.94. The Morgan fingerprint density at radius 3 is 1.79 bits per heavy atom. The highest BCUT2D eigenvalue weighted by atomic mass is 15.3. The highest BCUT2D eigenvalue weighted by Gasteiger charge is 2.40. The third-order valence-electron chi connectivity index (χ3n) is 8.91. The van der Waals surface area contributed by atoms with Crippen LogP contribution in [0.3, 0.4) is 0 Å². The van der Waals surface area contributed by atoms with E-state index in [-0.39, 0.29) is 0 Å². The number of nitrogens with zero attached hydrogens (tertiary/aromatic N) is 5. The molecule has 5 fully saturated rings. The van der Waals surface area contributed by atoms with Gasteiger partial charge in [-0.25, -0.2) is 0 Å². The molecule has 2 bridgehead atoms. The summed E-state index contributed by atoms with van der Waals surface area (Å²) in [4.78, 5) is 12.8. The van der Waals surface area contributed by atoms with Crippen molar-refractivity contribution in [2.45, 2.75) is 59.0 Å². The molecule has 0 radical (unpaired) electrons. The summed E-state index contributed by atoms with van der Waals surface area (Å²) in [5, 5.41) is 3.60. The molecular weight excluding hydrogens is 408 g/mol. The minimum atomic E-state index is 0.795. The molecule has 1 N–H and O–H groups in total. The molecule has 5 rings (SSSR count). The molecule has 6 nitrogen and oxygen atoms in total. The molecule has 0 aromatic rings. The molecule has 4 heterocycles. The van der Waals surface area contributed by atoms with E-state index in [1.54, 1.807) is 0 Å². The summed E-state index contributed by atoms with van der Waals surface area (Å²) >= 11 is 0. The van der Waals surface area contributed by atoms with Crippen molar-refractivity contribution in [3.8, 4) is 0 Å². The fourth-order valence-corrected chi connectivity index (χ4v) is 6.27. The number of likely N-dealkylation sites (tertiary alicyclic amines) is 1.